The van der Waals surface area contributed by atoms with E-state index in [9.17, 15) is 4.39 Å². The van der Waals surface area contributed by atoms with E-state index in [2.05, 4.69) is 18.2 Å². The van der Waals surface area contributed by atoms with Gasteiger partial charge in [0.05, 0.1) is 12.1 Å². The molecule has 1 aliphatic heterocycles. The second-order valence-electron chi connectivity index (χ2n) is 3.95. The predicted molar refractivity (Wildman–Crippen MR) is 72.2 cm³/mol. The zero-order chi connectivity index (χ0) is 13.8. The molecule has 100 valence electrons. The number of amidine groups is 1. The number of hydrogen-bond donors (Lipinski definition) is 1. The Hall–Kier alpha value is -2.30. The first-order valence-corrected chi connectivity index (χ1v) is 5.82. The zero-order valence-electron chi connectivity index (χ0n) is 10.5. The molecule has 0 saturated heterocycles. The van der Waals surface area contributed by atoms with Gasteiger partial charge < -0.3 is 15.2 Å². The third kappa shape index (κ3) is 2.45. The minimum absolute atomic E-state index is 0.0283. The van der Waals surface area contributed by atoms with Gasteiger partial charge in [-0.25, -0.2) is 4.39 Å². The van der Waals surface area contributed by atoms with Crippen LogP contribution in [-0.4, -0.2) is 19.0 Å². The number of nitrogens with zero attached hydrogens (tertiary/aromatic N) is 1. The lowest BCUT2D eigenvalue weighted by Gasteiger charge is -2.14. The van der Waals surface area contributed by atoms with Gasteiger partial charge in [0.25, 0.3) is 0 Å². The van der Waals surface area contributed by atoms with Crippen molar-refractivity contribution < 1.29 is 13.9 Å². The average molecular weight is 262 g/mol. The van der Waals surface area contributed by atoms with Gasteiger partial charge in [0.2, 0.25) is 0 Å². The van der Waals surface area contributed by atoms with Gasteiger partial charge in [0.15, 0.2) is 17.3 Å². The molecule has 0 atom stereocenters. The molecule has 4 nitrogen and oxygen atoms in total. The van der Waals surface area contributed by atoms with Crippen molar-refractivity contribution in [2.45, 2.75) is 6.54 Å². The van der Waals surface area contributed by atoms with Gasteiger partial charge in [-0.1, -0.05) is 25.3 Å². The predicted octanol–water partition coefficient (Wildman–Crippen LogP) is 2.17. The SMILES string of the molecule is C=CCOc1cc2c(c(F)c1OCC=C)C(N)=NC2. The fourth-order valence-electron chi connectivity index (χ4n) is 1.84. The van der Waals surface area contributed by atoms with E-state index in [0.717, 1.165) is 0 Å². The third-order valence-electron chi connectivity index (χ3n) is 2.65. The van der Waals surface area contributed by atoms with Crippen molar-refractivity contribution in [3.8, 4) is 11.5 Å². The molecule has 0 amide bonds. The van der Waals surface area contributed by atoms with Gasteiger partial charge in [-0.15, -0.1) is 0 Å². The summed E-state index contributed by atoms with van der Waals surface area (Å²) >= 11 is 0. The fraction of sp³-hybridized carbons (Fsp3) is 0.214. The van der Waals surface area contributed by atoms with Crippen LogP contribution in [0.1, 0.15) is 11.1 Å². The van der Waals surface area contributed by atoms with Crippen LogP contribution in [0.25, 0.3) is 0 Å². The van der Waals surface area contributed by atoms with E-state index < -0.39 is 5.82 Å². The Morgan fingerprint density at radius 1 is 1.32 bits per heavy atom. The fourth-order valence-corrected chi connectivity index (χ4v) is 1.84. The maximum atomic E-state index is 14.4. The molecule has 19 heavy (non-hydrogen) atoms. The summed E-state index contributed by atoms with van der Waals surface area (Å²) in [6, 6.07) is 1.70. The van der Waals surface area contributed by atoms with Crippen molar-refractivity contribution in [1.82, 2.24) is 0 Å². The van der Waals surface area contributed by atoms with E-state index in [-0.39, 0.29) is 24.8 Å². The van der Waals surface area contributed by atoms with Crippen LogP contribution in [0.15, 0.2) is 36.4 Å². The van der Waals surface area contributed by atoms with E-state index in [0.29, 0.717) is 23.4 Å². The van der Waals surface area contributed by atoms with Crippen molar-refractivity contribution in [2.24, 2.45) is 10.7 Å². The summed E-state index contributed by atoms with van der Waals surface area (Å²) < 4.78 is 25.1. The van der Waals surface area contributed by atoms with Crippen LogP contribution >= 0.6 is 0 Å². The molecule has 0 saturated carbocycles. The minimum Gasteiger partial charge on any atom is -0.486 e. The molecular weight excluding hydrogens is 247 g/mol. The molecular formula is C14H15FN2O2. The molecule has 0 bridgehead atoms. The van der Waals surface area contributed by atoms with Crippen LogP contribution in [0.5, 0.6) is 11.5 Å². The van der Waals surface area contributed by atoms with Gasteiger partial charge in [0, 0.05) is 0 Å². The van der Waals surface area contributed by atoms with Crippen LogP contribution < -0.4 is 15.2 Å². The number of rotatable bonds is 6. The lowest BCUT2D eigenvalue weighted by Crippen LogP contribution is -2.14. The molecule has 0 aromatic heterocycles. The van der Waals surface area contributed by atoms with Crippen molar-refractivity contribution in [2.75, 3.05) is 13.2 Å². The summed E-state index contributed by atoms with van der Waals surface area (Å²) in [6.45, 7) is 7.88. The lowest BCUT2D eigenvalue weighted by atomic mass is 10.1. The Kier molecular flexibility index (Phi) is 3.85. The highest BCUT2D eigenvalue weighted by Crippen LogP contribution is 2.37. The normalized spacial score (nSPS) is 12.6. The Morgan fingerprint density at radius 2 is 2.00 bits per heavy atom. The number of halogens is 1. The van der Waals surface area contributed by atoms with Crippen molar-refractivity contribution in [3.63, 3.8) is 0 Å². The molecule has 1 aliphatic rings. The maximum Gasteiger partial charge on any atom is 0.198 e. The van der Waals surface area contributed by atoms with Crippen LogP contribution in [0, 0.1) is 5.82 Å². The Bertz CT molecular complexity index is 553. The molecule has 5 heteroatoms. The second-order valence-corrected chi connectivity index (χ2v) is 3.95. The smallest absolute Gasteiger partial charge is 0.198 e. The van der Waals surface area contributed by atoms with Crippen molar-refractivity contribution in [3.05, 3.63) is 48.3 Å². The van der Waals surface area contributed by atoms with Crippen molar-refractivity contribution in [1.29, 1.82) is 0 Å². The first-order valence-electron chi connectivity index (χ1n) is 5.82. The molecule has 2 N–H and O–H groups in total. The molecule has 1 aromatic rings. The molecule has 0 radical (unpaired) electrons. The maximum absolute atomic E-state index is 14.4. The third-order valence-corrected chi connectivity index (χ3v) is 2.65. The van der Waals surface area contributed by atoms with Gasteiger partial charge in [-0.2, -0.15) is 0 Å². The van der Waals surface area contributed by atoms with Gasteiger partial charge in [-0.05, 0) is 11.6 Å². The summed E-state index contributed by atoms with van der Waals surface area (Å²) in [7, 11) is 0. The average Bonchev–Trinajstić information content (AvgIpc) is 2.77. The van der Waals surface area contributed by atoms with Crippen molar-refractivity contribution >= 4 is 5.84 Å². The molecule has 0 unspecified atom stereocenters. The van der Waals surface area contributed by atoms with Crippen LogP contribution in [0.4, 0.5) is 4.39 Å². The van der Waals surface area contributed by atoms with Crippen LogP contribution in [0.2, 0.25) is 0 Å². The first kappa shape index (κ1) is 13.1. The Balaban J connectivity index is 2.45. The second kappa shape index (κ2) is 5.56. The summed E-state index contributed by atoms with van der Waals surface area (Å²) in [6.07, 6.45) is 3.11. The summed E-state index contributed by atoms with van der Waals surface area (Å²) in [4.78, 5) is 4.01. The molecule has 1 aromatic carbocycles. The standard InChI is InChI=1S/C14H15FN2O2/c1-3-5-18-10-7-9-8-17-14(16)11(9)12(15)13(10)19-6-4-2/h3-4,7H,1-2,5-6,8H2,(H2,16,17). The Morgan fingerprint density at radius 3 is 2.68 bits per heavy atom. The van der Waals surface area contributed by atoms with Crippen LogP contribution in [-0.2, 0) is 6.54 Å². The number of fused-ring (bicyclic) bond motifs is 1. The summed E-state index contributed by atoms with van der Waals surface area (Å²) in [5.41, 5.74) is 6.66. The molecule has 2 rings (SSSR count). The zero-order valence-corrected chi connectivity index (χ0v) is 10.5. The highest BCUT2D eigenvalue weighted by atomic mass is 19.1. The number of nitrogens with two attached hydrogens (primary N) is 1. The van der Waals surface area contributed by atoms with Gasteiger partial charge >= 0.3 is 0 Å². The van der Waals surface area contributed by atoms with E-state index in [4.69, 9.17) is 15.2 Å². The highest BCUT2D eigenvalue weighted by molar-refractivity contribution is 6.01. The molecule has 0 aliphatic carbocycles. The number of hydrogen-bond acceptors (Lipinski definition) is 4. The summed E-state index contributed by atoms with van der Waals surface area (Å²) in [5.74, 6) is -0.00756. The first-order chi connectivity index (χ1) is 9.19. The van der Waals surface area contributed by atoms with Crippen LogP contribution in [0.3, 0.4) is 0 Å². The quantitative estimate of drug-likeness (QED) is 0.799. The molecule has 0 spiro atoms. The van der Waals surface area contributed by atoms with Gasteiger partial charge in [-0.3, -0.25) is 4.99 Å². The lowest BCUT2D eigenvalue weighted by molar-refractivity contribution is 0.294. The van der Waals surface area contributed by atoms with E-state index in [1.54, 1.807) is 12.1 Å². The van der Waals surface area contributed by atoms with E-state index >= 15 is 0 Å². The van der Waals surface area contributed by atoms with E-state index in [1.807, 2.05) is 0 Å². The number of aliphatic imine (C=N–C) groups is 1. The molecule has 1 heterocycles. The monoisotopic (exact) mass is 262 g/mol. The van der Waals surface area contributed by atoms with Gasteiger partial charge in [0.1, 0.15) is 19.0 Å². The van der Waals surface area contributed by atoms with E-state index in [1.165, 1.54) is 6.08 Å². The number of ether oxygens (including phenoxy) is 2. The highest BCUT2D eigenvalue weighted by Gasteiger charge is 2.25. The minimum atomic E-state index is -0.544. The largest absolute Gasteiger partial charge is 0.486 e. The topological polar surface area (TPSA) is 56.8 Å². The summed E-state index contributed by atoms with van der Waals surface area (Å²) in [5, 5.41) is 0. The number of benzene rings is 1. The Labute approximate surface area is 111 Å². The molecule has 0 fully saturated rings.